The van der Waals surface area contributed by atoms with Crippen molar-refractivity contribution in [2.45, 2.75) is 55.6 Å². The quantitative estimate of drug-likeness (QED) is 0.511. The molecule has 0 amide bonds. The molecule has 0 aliphatic heterocycles. The number of nitrogens with one attached hydrogen (secondary N) is 1. The Morgan fingerprint density at radius 2 is 2.33 bits per heavy atom. The van der Waals surface area contributed by atoms with Gasteiger partial charge in [-0.2, -0.15) is 0 Å². The highest BCUT2D eigenvalue weighted by atomic mass is 79.9. The van der Waals surface area contributed by atoms with Crippen LogP contribution in [0.1, 0.15) is 39.0 Å². The Bertz CT molecular complexity index is 479. The fourth-order valence-corrected chi connectivity index (χ4v) is 3.31. The van der Waals surface area contributed by atoms with Crippen LogP contribution in [0.3, 0.4) is 0 Å². The highest BCUT2D eigenvalue weighted by molar-refractivity contribution is 9.10. The maximum Gasteiger partial charge on any atom is 0.323 e. The maximum atomic E-state index is 11.6. The van der Waals surface area contributed by atoms with E-state index < -0.39 is 11.5 Å². The van der Waals surface area contributed by atoms with E-state index in [-0.39, 0.29) is 0 Å². The molecule has 0 aromatic carbocycles. The lowest BCUT2D eigenvalue weighted by Gasteiger charge is -2.29. The largest absolute Gasteiger partial charge is 0.480 e. The molecule has 1 atom stereocenters. The summed E-state index contributed by atoms with van der Waals surface area (Å²) in [4.78, 5) is 15.9. The zero-order chi connectivity index (χ0) is 15.3. The molecule has 2 N–H and O–H groups in total. The van der Waals surface area contributed by atoms with Crippen molar-refractivity contribution in [3.8, 4) is 0 Å². The average Bonchev–Trinajstić information content (AvgIpc) is 3.27. The summed E-state index contributed by atoms with van der Waals surface area (Å²) in [6.45, 7) is 1.95. The summed E-state index contributed by atoms with van der Waals surface area (Å²) in [5.74, 6) is 0.166. The molecule has 4 nitrogen and oxygen atoms in total. The number of rotatable bonds is 9. The van der Waals surface area contributed by atoms with Crippen molar-refractivity contribution in [1.29, 1.82) is 0 Å². The molecule has 1 aliphatic rings. The smallest absolute Gasteiger partial charge is 0.323 e. The number of hydrogen-bond donors (Lipinski definition) is 2. The number of carboxylic acid groups (broad SMARTS) is 1. The fraction of sp³-hybridized carbons (Fsp3) is 0.600. The van der Waals surface area contributed by atoms with Crippen molar-refractivity contribution < 1.29 is 9.90 Å². The van der Waals surface area contributed by atoms with Crippen LogP contribution < -0.4 is 5.32 Å². The number of carbonyl (C=O) groups is 1. The molecule has 1 aliphatic carbocycles. The van der Waals surface area contributed by atoms with Gasteiger partial charge in [0, 0.05) is 16.7 Å². The van der Waals surface area contributed by atoms with Crippen LogP contribution in [-0.2, 0) is 4.79 Å². The summed E-state index contributed by atoms with van der Waals surface area (Å²) >= 11 is 5.04. The zero-order valence-electron chi connectivity index (χ0n) is 12.1. The topological polar surface area (TPSA) is 62.2 Å². The monoisotopic (exact) mass is 372 g/mol. The summed E-state index contributed by atoms with van der Waals surface area (Å²) in [5.41, 5.74) is -0.755. The third-order valence-electron chi connectivity index (χ3n) is 3.77. The van der Waals surface area contributed by atoms with E-state index in [2.05, 4.69) is 26.2 Å². The van der Waals surface area contributed by atoms with Crippen molar-refractivity contribution in [1.82, 2.24) is 10.3 Å². The average molecular weight is 373 g/mol. The number of hydrogen-bond acceptors (Lipinski definition) is 4. The van der Waals surface area contributed by atoms with Crippen molar-refractivity contribution in [3.63, 3.8) is 0 Å². The van der Waals surface area contributed by atoms with Crippen LogP contribution in [0.5, 0.6) is 0 Å². The van der Waals surface area contributed by atoms with Crippen LogP contribution >= 0.6 is 27.7 Å². The van der Waals surface area contributed by atoms with Gasteiger partial charge in [0.1, 0.15) is 5.54 Å². The van der Waals surface area contributed by atoms with Crippen LogP contribution in [-0.4, -0.2) is 33.4 Å². The van der Waals surface area contributed by atoms with Gasteiger partial charge in [0.2, 0.25) is 0 Å². The summed E-state index contributed by atoms with van der Waals surface area (Å²) < 4.78 is 0.969. The molecule has 1 saturated carbocycles. The molecule has 1 aromatic heterocycles. The lowest BCUT2D eigenvalue weighted by Crippen LogP contribution is -2.52. The summed E-state index contributed by atoms with van der Waals surface area (Å²) in [6.07, 6.45) is 6.14. The third kappa shape index (κ3) is 4.97. The van der Waals surface area contributed by atoms with Crippen LogP contribution in [0.25, 0.3) is 0 Å². The second kappa shape index (κ2) is 7.61. The van der Waals surface area contributed by atoms with Crippen LogP contribution in [0.4, 0.5) is 0 Å². The zero-order valence-corrected chi connectivity index (χ0v) is 14.5. The molecule has 0 spiro atoms. The van der Waals surface area contributed by atoms with E-state index in [0.717, 1.165) is 34.5 Å². The first-order chi connectivity index (χ1) is 10.1. The van der Waals surface area contributed by atoms with E-state index >= 15 is 0 Å². The van der Waals surface area contributed by atoms with Gasteiger partial charge < -0.3 is 5.11 Å². The maximum absolute atomic E-state index is 11.6. The number of thioether (sulfide) groups is 1. The van der Waals surface area contributed by atoms with E-state index in [9.17, 15) is 9.90 Å². The fourth-order valence-electron chi connectivity index (χ4n) is 2.29. The van der Waals surface area contributed by atoms with Gasteiger partial charge in [-0.15, -0.1) is 11.8 Å². The molecule has 6 heteroatoms. The Labute approximate surface area is 138 Å². The molecule has 21 heavy (non-hydrogen) atoms. The first kappa shape index (κ1) is 16.8. The van der Waals surface area contributed by atoms with E-state index in [1.807, 2.05) is 19.1 Å². The van der Waals surface area contributed by atoms with Gasteiger partial charge in [0.25, 0.3) is 0 Å². The lowest BCUT2D eigenvalue weighted by atomic mass is 9.90. The third-order valence-corrected chi connectivity index (χ3v) is 5.27. The normalized spacial score (nSPS) is 17.4. The lowest BCUT2D eigenvalue weighted by molar-refractivity contribution is -0.145. The molecule has 116 valence electrons. The molecule has 1 unspecified atom stereocenters. The minimum Gasteiger partial charge on any atom is -0.480 e. The first-order valence-corrected chi connectivity index (χ1v) is 9.09. The van der Waals surface area contributed by atoms with Crippen LogP contribution in [0.15, 0.2) is 27.8 Å². The van der Waals surface area contributed by atoms with E-state index in [0.29, 0.717) is 18.9 Å². The van der Waals surface area contributed by atoms with Gasteiger partial charge in [-0.05, 0) is 65.9 Å². The molecule has 1 heterocycles. The van der Waals surface area contributed by atoms with Gasteiger partial charge in [-0.1, -0.05) is 6.92 Å². The predicted molar refractivity (Wildman–Crippen MR) is 88.7 cm³/mol. The Morgan fingerprint density at radius 1 is 1.57 bits per heavy atom. The number of aliphatic carboxylic acids is 1. The molecule has 1 aromatic rings. The van der Waals surface area contributed by atoms with Crippen LogP contribution in [0.2, 0.25) is 0 Å². The van der Waals surface area contributed by atoms with Gasteiger partial charge in [-0.25, -0.2) is 4.98 Å². The molecule has 0 bridgehead atoms. The predicted octanol–water partition coefficient (Wildman–Crippen LogP) is 3.70. The Kier molecular flexibility index (Phi) is 6.08. The van der Waals surface area contributed by atoms with Crippen molar-refractivity contribution in [3.05, 3.63) is 22.8 Å². The number of aromatic nitrogens is 1. The number of nitrogens with zero attached hydrogens (tertiary/aromatic N) is 1. The highest BCUT2D eigenvalue weighted by Crippen LogP contribution is 2.28. The molecular formula is C15H21BrN2O2S. The van der Waals surface area contributed by atoms with E-state index in [1.54, 1.807) is 18.0 Å². The number of pyridine rings is 1. The van der Waals surface area contributed by atoms with E-state index in [1.165, 1.54) is 0 Å². The SMILES string of the molecule is CCC(CCCSc1ccc(Br)cn1)(NC1CC1)C(=O)O. The second-order valence-corrected chi connectivity index (χ2v) is 7.46. The standard InChI is InChI=1S/C15H21BrN2O2S/c1-2-15(14(19)20,18-12-5-6-12)8-3-9-21-13-7-4-11(16)10-17-13/h4,7,10,12,18H,2-3,5-6,8-9H2,1H3,(H,19,20). The highest BCUT2D eigenvalue weighted by Gasteiger charge is 2.40. The first-order valence-electron chi connectivity index (χ1n) is 7.31. The van der Waals surface area contributed by atoms with E-state index in [4.69, 9.17) is 0 Å². The van der Waals surface area contributed by atoms with Gasteiger partial charge in [0.15, 0.2) is 0 Å². The van der Waals surface area contributed by atoms with Crippen molar-refractivity contribution in [2.24, 2.45) is 0 Å². The Balaban J connectivity index is 1.81. The summed E-state index contributed by atoms with van der Waals surface area (Å²) in [6, 6.07) is 4.35. The number of carboxylic acids is 1. The van der Waals surface area contributed by atoms with Crippen molar-refractivity contribution in [2.75, 3.05) is 5.75 Å². The number of halogens is 1. The van der Waals surface area contributed by atoms with Crippen molar-refractivity contribution >= 4 is 33.7 Å². The van der Waals surface area contributed by atoms with Gasteiger partial charge in [-0.3, -0.25) is 10.1 Å². The molecule has 1 fully saturated rings. The van der Waals surface area contributed by atoms with Gasteiger partial charge in [0.05, 0.1) is 5.03 Å². The second-order valence-electron chi connectivity index (χ2n) is 5.43. The molecule has 0 radical (unpaired) electrons. The minimum atomic E-state index is -0.755. The molecule has 0 saturated heterocycles. The van der Waals surface area contributed by atoms with Crippen LogP contribution in [0, 0.1) is 0 Å². The Hall–Kier alpha value is -0.590. The Morgan fingerprint density at radius 3 is 2.86 bits per heavy atom. The van der Waals surface area contributed by atoms with Gasteiger partial charge >= 0.3 is 5.97 Å². The summed E-state index contributed by atoms with van der Waals surface area (Å²) in [7, 11) is 0. The minimum absolute atomic E-state index is 0.404. The molecular weight excluding hydrogens is 352 g/mol. The molecule has 2 rings (SSSR count). The summed E-state index contributed by atoms with van der Waals surface area (Å²) in [5, 5.41) is 13.9.